The quantitative estimate of drug-likeness (QED) is 0.717. The summed E-state index contributed by atoms with van der Waals surface area (Å²) in [6.07, 6.45) is 2.95. The average Bonchev–Trinajstić information content (AvgIpc) is 2.56. The van der Waals surface area contributed by atoms with Crippen LogP contribution >= 0.6 is 11.6 Å². The van der Waals surface area contributed by atoms with Crippen molar-refractivity contribution in [1.29, 1.82) is 0 Å². The van der Waals surface area contributed by atoms with Crippen LogP contribution in [0.3, 0.4) is 0 Å². The molecule has 1 fully saturated rings. The first-order chi connectivity index (χ1) is 5.86. The molecule has 2 nitrogen and oxygen atoms in total. The minimum atomic E-state index is 0.559. The maximum absolute atomic E-state index is 5.86. The highest BCUT2D eigenvalue weighted by molar-refractivity contribution is 6.30. The zero-order valence-electron chi connectivity index (χ0n) is 6.76. The Morgan fingerprint density at radius 2 is 2.50 bits per heavy atom. The van der Waals surface area contributed by atoms with Gasteiger partial charge in [0.25, 0.3) is 0 Å². The lowest BCUT2D eigenvalue weighted by molar-refractivity contribution is 0.735. The first kappa shape index (κ1) is 8.02. The number of rotatable bonds is 1. The molecule has 1 aliphatic rings. The van der Waals surface area contributed by atoms with Crippen LogP contribution < -0.4 is 5.32 Å². The second-order valence-corrected chi connectivity index (χ2v) is 3.53. The van der Waals surface area contributed by atoms with Crippen molar-refractivity contribution in [2.24, 2.45) is 0 Å². The number of pyridine rings is 1. The van der Waals surface area contributed by atoms with Gasteiger partial charge >= 0.3 is 0 Å². The molecule has 0 radical (unpaired) electrons. The van der Waals surface area contributed by atoms with E-state index < -0.39 is 0 Å². The molecule has 0 saturated carbocycles. The monoisotopic (exact) mass is 182 g/mol. The van der Waals surface area contributed by atoms with Gasteiger partial charge in [-0.25, -0.2) is 0 Å². The molecule has 0 aliphatic carbocycles. The number of hydrogen-bond donors (Lipinski definition) is 1. The van der Waals surface area contributed by atoms with Crippen LogP contribution in [0.4, 0.5) is 0 Å². The number of hydrogen-bond acceptors (Lipinski definition) is 2. The van der Waals surface area contributed by atoms with E-state index in [1.165, 1.54) is 6.42 Å². The van der Waals surface area contributed by atoms with Gasteiger partial charge in [0.1, 0.15) is 0 Å². The van der Waals surface area contributed by atoms with Crippen molar-refractivity contribution >= 4 is 11.6 Å². The fourth-order valence-corrected chi connectivity index (χ4v) is 1.72. The van der Waals surface area contributed by atoms with E-state index in [-0.39, 0.29) is 0 Å². The molecule has 12 heavy (non-hydrogen) atoms. The van der Waals surface area contributed by atoms with Crippen LogP contribution in [0, 0.1) is 0 Å². The summed E-state index contributed by atoms with van der Waals surface area (Å²) >= 11 is 5.86. The topological polar surface area (TPSA) is 24.9 Å². The highest BCUT2D eigenvalue weighted by Crippen LogP contribution is 2.22. The SMILES string of the molecule is Clc1ccnc(C2CCNC2)c1. The number of halogens is 1. The molecule has 1 unspecified atom stereocenters. The smallest absolute Gasteiger partial charge is 0.0462 e. The first-order valence-electron chi connectivity index (χ1n) is 4.18. The molecular formula is C9H11ClN2. The van der Waals surface area contributed by atoms with Crippen molar-refractivity contribution in [2.45, 2.75) is 12.3 Å². The van der Waals surface area contributed by atoms with Crippen LogP contribution in [0.25, 0.3) is 0 Å². The van der Waals surface area contributed by atoms with Gasteiger partial charge in [-0.1, -0.05) is 11.6 Å². The molecule has 0 amide bonds. The maximum Gasteiger partial charge on any atom is 0.0462 e. The van der Waals surface area contributed by atoms with E-state index in [4.69, 9.17) is 11.6 Å². The minimum Gasteiger partial charge on any atom is -0.316 e. The minimum absolute atomic E-state index is 0.559. The molecule has 0 bridgehead atoms. The number of nitrogens with zero attached hydrogens (tertiary/aromatic N) is 1. The lowest BCUT2D eigenvalue weighted by atomic mass is 10.0. The molecule has 2 heterocycles. The standard InChI is InChI=1S/C9H11ClN2/c10-8-2-4-12-9(5-8)7-1-3-11-6-7/h2,4-5,7,11H,1,3,6H2. The second kappa shape index (κ2) is 3.42. The Morgan fingerprint density at radius 1 is 1.58 bits per heavy atom. The molecule has 64 valence electrons. The molecule has 3 heteroatoms. The Morgan fingerprint density at radius 3 is 3.17 bits per heavy atom. The van der Waals surface area contributed by atoms with E-state index in [2.05, 4.69) is 10.3 Å². The highest BCUT2D eigenvalue weighted by atomic mass is 35.5. The van der Waals surface area contributed by atoms with Crippen LogP contribution in [0.15, 0.2) is 18.3 Å². The Kier molecular flexibility index (Phi) is 2.28. The summed E-state index contributed by atoms with van der Waals surface area (Å²) in [5.74, 6) is 0.559. The van der Waals surface area contributed by atoms with Gasteiger partial charge in [-0.05, 0) is 25.1 Å². The summed E-state index contributed by atoms with van der Waals surface area (Å²) in [6.45, 7) is 2.13. The number of nitrogens with one attached hydrogen (secondary N) is 1. The summed E-state index contributed by atoms with van der Waals surface area (Å²) < 4.78 is 0. The fraction of sp³-hybridized carbons (Fsp3) is 0.444. The van der Waals surface area contributed by atoms with Crippen molar-refractivity contribution < 1.29 is 0 Å². The van der Waals surface area contributed by atoms with Crippen LogP contribution in [0.5, 0.6) is 0 Å². The lowest BCUT2D eigenvalue weighted by Gasteiger charge is -2.06. The summed E-state index contributed by atoms with van der Waals surface area (Å²) in [7, 11) is 0. The highest BCUT2D eigenvalue weighted by Gasteiger charge is 2.17. The van der Waals surface area contributed by atoms with E-state index in [0.717, 1.165) is 23.8 Å². The molecule has 1 aliphatic heterocycles. The van der Waals surface area contributed by atoms with Gasteiger partial charge in [0, 0.05) is 29.4 Å². The van der Waals surface area contributed by atoms with Gasteiger partial charge in [0.2, 0.25) is 0 Å². The summed E-state index contributed by atoms with van der Waals surface area (Å²) in [5, 5.41) is 4.09. The van der Waals surface area contributed by atoms with Crippen molar-refractivity contribution in [3.05, 3.63) is 29.0 Å². The van der Waals surface area contributed by atoms with Crippen LogP contribution in [-0.2, 0) is 0 Å². The third-order valence-electron chi connectivity index (χ3n) is 2.22. The Hall–Kier alpha value is -0.600. The lowest BCUT2D eigenvalue weighted by Crippen LogP contribution is -2.08. The second-order valence-electron chi connectivity index (χ2n) is 3.09. The summed E-state index contributed by atoms with van der Waals surface area (Å²) in [5.41, 5.74) is 1.12. The first-order valence-corrected chi connectivity index (χ1v) is 4.56. The molecule has 1 aromatic heterocycles. The number of aromatic nitrogens is 1. The largest absolute Gasteiger partial charge is 0.316 e. The average molecular weight is 183 g/mol. The van der Waals surface area contributed by atoms with Crippen LogP contribution in [0.2, 0.25) is 5.02 Å². The van der Waals surface area contributed by atoms with Crippen LogP contribution in [-0.4, -0.2) is 18.1 Å². The molecule has 1 atom stereocenters. The predicted octanol–water partition coefficient (Wildman–Crippen LogP) is 1.81. The Labute approximate surface area is 77.0 Å². The summed E-state index contributed by atoms with van der Waals surface area (Å²) in [6, 6.07) is 3.77. The molecule has 1 N–H and O–H groups in total. The van der Waals surface area contributed by atoms with E-state index in [1.54, 1.807) is 6.20 Å². The van der Waals surface area contributed by atoms with Crippen molar-refractivity contribution in [2.75, 3.05) is 13.1 Å². The zero-order chi connectivity index (χ0) is 8.39. The Balaban J connectivity index is 2.21. The molecule has 1 saturated heterocycles. The van der Waals surface area contributed by atoms with E-state index >= 15 is 0 Å². The fourth-order valence-electron chi connectivity index (χ4n) is 1.55. The van der Waals surface area contributed by atoms with Gasteiger partial charge in [0.05, 0.1) is 0 Å². The Bertz CT molecular complexity index is 269. The summed E-state index contributed by atoms with van der Waals surface area (Å²) in [4.78, 5) is 4.30. The van der Waals surface area contributed by atoms with E-state index in [9.17, 15) is 0 Å². The van der Waals surface area contributed by atoms with Crippen molar-refractivity contribution in [3.63, 3.8) is 0 Å². The van der Waals surface area contributed by atoms with E-state index in [0.29, 0.717) is 5.92 Å². The van der Waals surface area contributed by atoms with Crippen molar-refractivity contribution in [3.8, 4) is 0 Å². The molecule has 1 aromatic rings. The van der Waals surface area contributed by atoms with Gasteiger partial charge in [-0.2, -0.15) is 0 Å². The van der Waals surface area contributed by atoms with Gasteiger partial charge < -0.3 is 5.32 Å². The van der Waals surface area contributed by atoms with Gasteiger partial charge in [0.15, 0.2) is 0 Å². The molecule has 0 aromatic carbocycles. The third kappa shape index (κ3) is 1.59. The normalized spacial score (nSPS) is 22.9. The van der Waals surface area contributed by atoms with Gasteiger partial charge in [-0.15, -0.1) is 0 Å². The maximum atomic E-state index is 5.86. The van der Waals surface area contributed by atoms with Crippen molar-refractivity contribution in [1.82, 2.24) is 10.3 Å². The molecule has 2 rings (SSSR count). The predicted molar refractivity (Wildman–Crippen MR) is 49.5 cm³/mol. The third-order valence-corrected chi connectivity index (χ3v) is 2.46. The zero-order valence-corrected chi connectivity index (χ0v) is 7.51. The molecular weight excluding hydrogens is 172 g/mol. The van der Waals surface area contributed by atoms with Gasteiger partial charge in [-0.3, -0.25) is 4.98 Å². The van der Waals surface area contributed by atoms with Crippen LogP contribution in [0.1, 0.15) is 18.0 Å². The van der Waals surface area contributed by atoms with E-state index in [1.807, 2.05) is 12.1 Å². The molecule has 0 spiro atoms.